The molecule has 1 aromatic carbocycles. The van der Waals surface area contributed by atoms with Crippen molar-refractivity contribution in [3.05, 3.63) is 53.6 Å². The number of hydrogen-bond acceptors (Lipinski definition) is 6. The maximum Gasteiger partial charge on any atom is 0.283 e. The van der Waals surface area contributed by atoms with Crippen LogP contribution in [-0.4, -0.2) is 28.5 Å². The number of amides is 1. The normalized spacial score (nSPS) is 23.1. The minimum atomic E-state index is -0.492. The summed E-state index contributed by atoms with van der Waals surface area (Å²) in [6.07, 6.45) is 6.25. The lowest BCUT2D eigenvalue weighted by molar-refractivity contribution is 0.102. The first-order valence-corrected chi connectivity index (χ1v) is 8.56. The lowest BCUT2D eigenvalue weighted by Crippen LogP contribution is -2.39. The summed E-state index contributed by atoms with van der Waals surface area (Å²) in [5, 5.41) is 2.88. The number of benzene rings is 1. The fourth-order valence-corrected chi connectivity index (χ4v) is 4.02. The molecule has 2 aliphatic rings. The van der Waals surface area contributed by atoms with Gasteiger partial charge in [-0.25, -0.2) is 9.98 Å². The summed E-state index contributed by atoms with van der Waals surface area (Å²) < 4.78 is 5.51. The van der Waals surface area contributed by atoms with E-state index in [-0.39, 0.29) is 23.0 Å². The molecule has 26 heavy (non-hydrogen) atoms. The van der Waals surface area contributed by atoms with Crippen LogP contribution >= 0.6 is 0 Å². The maximum atomic E-state index is 12.4. The molecule has 0 fully saturated rings. The van der Waals surface area contributed by atoms with Crippen molar-refractivity contribution in [1.82, 2.24) is 9.97 Å². The van der Waals surface area contributed by atoms with E-state index in [1.807, 2.05) is 18.2 Å². The van der Waals surface area contributed by atoms with Gasteiger partial charge in [0, 0.05) is 18.1 Å². The van der Waals surface area contributed by atoms with Gasteiger partial charge in [0.15, 0.2) is 0 Å². The fraction of sp³-hybridized carbons (Fsp3) is 0.368. The van der Waals surface area contributed by atoms with Gasteiger partial charge in [-0.15, -0.1) is 0 Å². The standard InChI is InChI=1S/C19H21N5O2/c1-18(2)8-12-3-4-13(23-16(25)15-9-21-5-6-22-15)7-14(12)19(10-18)11-26-17(20)24-19/h3-7,9H,8,10-11H2,1-2H3,(H2,20,24)(H,23,25). The van der Waals surface area contributed by atoms with E-state index in [0.717, 1.165) is 18.4 Å². The summed E-state index contributed by atoms with van der Waals surface area (Å²) in [7, 11) is 0. The number of carbonyl (C=O) groups is 1. The zero-order chi connectivity index (χ0) is 18.4. The van der Waals surface area contributed by atoms with Crippen LogP contribution in [0.4, 0.5) is 5.69 Å². The first-order chi connectivity index (χ1) is 12.4. The summed E-state index contributed by atoms with van der Waals surface area (Å²) >= 11 is 0. The van der Waals surface area contributed by atoms with Gasteiger partial charge in [-0.3, -0.25) is 9.78 Å². The van der Waals surface area contributed by atoms with Crippen molar-refractivity contribution in [2.75, 3.05) is 11.9 Å². The Bertz CT molecular complexity index is 894. The van der Waals surface area contributed by atoms with E-state index in [2.05, 4.69) is 34.1 Å². The van der Waals surface area contributed by atoms with E-state index >= 15 is 0 Å². The van der Waals surface area contributed by atoms with Crippen LogP contribution in [0.15, 0.2) is 41.8 Å². The lowest BCUT2D eigenvalue weighted by atomic mass is 9.65. The van der Waals surface area contributed by atoms with Crippen LogP contribution in [0, 0.1) is 5.41 Å². The quantitative estimate of drug-likeness (QED) is 0.864. The Labute approximate surface area is 151 Å². The molecule has 0 bridgehead atoms. The van der Waals surface area contributed by atoms with Gasteiger partial charge in [0.05, 0.1) is 6.20 Å². The molecule has 1 aliphatic heterocycles. The van der Waals surface area contributed by atoms with E-state index in [9.17, 15) is 4.79 Å². The monoisotopic (exact) mass is 351 g/mol. The van der Waals surface area contributed by atoms with E-state index < -0.39 is 5.54 Å². The Morgan fingerprint density at radius 3 is 2.85 bits per heavy atom. The Balaban J connectivity index is 1.70. The number of aromatic nitrogens is 2. The molecule has 134 valence electrons. The van der Waals surface area contributed by atoms with E-state index in [0.29, 0.717) is 12.3 Å². The molecule has 0 radical (unpaired) electrons. The number of hydrogen-bond donors (Lipinski definition) is 2. The number of rotatable bonds is 2. The molecule has 7 heteroatoms. The zero-order valence-corrected chi connectivity index (χ0v) is 14.8. The number of nitrogens with one attached hydrogen (secondary N) is 1. The third-order valence-corrected chi connectivity index (χ3v) is 4.89. The number of anilines is 1. The van der Waals surface area contributed by atoms with Crippen LogP contribution in [0.25, 0.3) is 0 Å². The number of aliphatic imine (C=N–C) groups is 1. The molecule has 1 aliphatic carbocycles. The second kappa shape index (κ2) is 5.79. The zero-order valence-electron chi connectivity index (χ0n) is 14.8. The second-order valence-corrected chi connectivity index (χ2v) is 7.70. The SMILES string of the molecule is CC1(C)Cc2ccc(NC(=O)c3cnccn3)cc2C2(COC(N)=N2)C1. The minimum Gasteiger partial charge on any atom is -0.462 e. The lowest BCUT2D eigenvalue weighted by Gasteiger charge is -2.41. The van der Waals surface area contributed by atoms with E-state index in [1.54, 1.807) is 0 Å². The van der Waals surface area contributed by atoms with Crippen LogP contribution in [-0.2, 0) is 16.7 Å². The first-order valence-electron chi connectivity index (χ1n) is 8.56. The van der Waals surface area contributed by atoms with Gasteiger partial charge in [-0.1, -0.05) is 19.9 Å². The van der Waals surface area contributed by atoms with Gasteiger partial charge in [0.2, 0.25) is 0 Å². The molecule has 1 unspecified atom stereocenters. The smallest absolute Gasteiger partial charge is 0.283 e. The summed E-state index contributed by atoms with van der Waals surface area (Å²) in [4.78, 5) is 25.0. The molecule has 1 spiro atoms. The summed E-state index contributed by atoms with van der Waals surface area (Å²) in [5.41, 5.74) is 8.66. The highest BCUT2D eigenvalue weighted by Crippen LogP contribution is 2.49. The summed E-state index contributed by atoms with van der Waals surface area (Å²) in [6.45, 7) is 4.88. The Hall–Kier alpha value is -2.96. The summed E-state index contributed by atoms with van der Waals surface area (Å²) in [5.74, 6) is -0.297. The first kappa shape index (κ1) is 16.5. The molecular formula is C19H21N5O2. The molecule has 4 rings (SSSR count). The van der Waals surface area contributed by atoms with Gasteiger partial charge in [-0.05, 0) is 41.5 Å². The topological polar surface area (TPSA) is 102 Å². The average Bonchev–Trinajstić information content (AvgIpc) is 2.96. The molecule has 1 atom stereocenters. The van der Waals surface area contributed by atoms with Crippen LogP contribution in [0.3, 0.4) is 0 Å². The van der Waals surface area contributed by atoms with Crippen molar-refractivity contribution in [2.24, 2.45) is 16.1 Å². The van der Waals surface area contributed by atoms with Gasteiger partial charge in [-0.2, -0.15) is 0 Å². The molecule has 3 N–H and O–H groups in total. The molecule has 1 aromatic heterocycles. The number of ether oxygens (including phenoxy) is 1. The maximum absolute atomic E-state index is 12.4. The number of fused-ring (bicyclic) bond motifs is 2. The van der Waals surface area contributed by atoms with Crippen molar-refractivity contribution < 1.29 is 9.53 Å². The fourth-order valence-electron chi connectivity index (χ4n) is 4.02. The third-order valence-electron chi connectivity index (χ3n) is 4.89. The van der Waals surface area contributed by atoms with Crippen molar-refractivity contribution in [2.45, 2.75) is 32.2 Å². The Morgan fingerprint density at radius 2 is 2.15 bits per heavy atom. The van der Waals surface area contributed by atoms with Crippen LogP contribution in [0.2, 0.25) is 0 Å². The van der Waals surface area contributed by atoms with Crippen molar-refractivity contribution in [3.63, 3.8) is 0 Å². The van der Waals surface area contributed by atoms with Crippen LogP contribution in [0.5, 0.6) is 0 Å². The van der Waals surface area contributed by atoms with Gasteiger partial charge < -0.3 is 15.8 Å². The number of carbonyl (C=O) groups excluding carboxylic acids is 1. The minimum absolute atomic E-state index is 0.0921. The highest BCUT2D eigenvalue weighted by atomic mass is 16.5. The van der Waals surface area contributed by atoms with Crippen molar-refractivity contribution in [3.8, 4) is 0 Å². The molecular weight excluding hydrogens is 330 g/mol. The second-order valence-electron chi connectivity index (χ2n) is 7.70. The molecule has 2 heterocycles. The molecule has 0 saturated heterocycles. The highest BCUT2D eigenvalue weighted by Gasteiger charge is 2.47. The molecule has 2 aromatic rings. The average molecular weight is 351 g/mol. The number of nitrogens with two attached hydrogens (primary N) is 1. The highest BCUT2D eigenvalue weighted by molar-refractivity contribution is 6.02. The van der Waals surface area contributed by atoms with Crippen LogP contribution in [0.1, 0.15) is 41.9 Å². The molecule has 0 saturated carbocycles. The van der Waals surface area contributed by atoms with Gasteiger partial charge in [0.25, 0.3) is 11.9 Å². The molecule has 7 nitrogen and oxygen atoms in total. The van der Waals surface area contributed by atoms with E-state index in [1.165, 1.54) is 24.2 Å². The van der Waals surface area contributed by atoms with Crippen molar-refractivity contribution in [1.29, 1.82) is 0 Å². The third kappa shape index (κ3) is 2.89. The van der Waals surface area contributed by atoms with Crippen LogP contribution < -0.4 is 11.1 Å². The Morgan fingerprint density at radius 1 is 1.31 bits per heavy atom. The van der Waals surface area contributed by atoms with E-state index in [4.69, 9.17) is 10.5 Å². The number of nitrogens with zero attached hydrogens (tertiary/aromatic N) is 3. The van der Waals surface area contributed by atoms with Gasteiger partial charge in [0.1, 0.15) is 17.8 Å². The predicted octanol–water partition coefficient (Wildman–Crippen LogP) is 2.24. The van der Waals surface area contributed by atoms with Gasteiger partial charge >= 0.3 is 0 Å². The largest absolute Gasteiger partial charge is 0.462 e. The molecule has 1 amide bonds. The number of amidine groups is 1. The predicted molar refractivity (Wildman–Crippen MR) is 97.8 cm³/mol. The summed E-state index contributed by atoms with van der Waals surface area (Å²) in [6, 6.07) is 6.16. The van der Waals surface area contributed by atoms with Crippen molar-refractivity contribution >= 4 is 17.6 Å². The Kier molecular flexibility index (Phi) is 3.68.